The Balaban J connectivity index is 1.90. The normalized spacial score (nSPS) is 20.4. The smallest absolute Gasteiger partial charge is 0.274 e. The van der Waals surface area contributed by atoms with E-state index in [2.05, 4.69) is 4.72 Å². The fourth-order valence-electron chi connectivity index (χ4n) is 3.23. The van der Waals surface area contributed by atoms with E-state index in [1.165, 1.54) is 0 Å². The van der Waals surface area contributed by atoms with E-state index in [0.717, 1.165) is 42.7 Å². The van der Waals surface area contributed by atoms with Crippen LogP contribution in [0.5, 0.6) is 11.5 Å². The maximum absolute atomic E-state index is 11.2. The number of ether oxygens (including phenoxy) is 2. The number of benzene rings is 1. The van der Waals surface area contributed by atoms with Gasteiger partial charge >= 0.3 is 0 Å². The number of fused-ring (bicyclic) bond motifs is 1. The lowest BCUT2D eigenvalue weighted by atomic mass is 9.79. The molecule has 6 nitrogen and oxygen atoms in total. The third kappa shape index (κ3) is 3.14. The summed E-state index contributed by atoms with van der Waals surface area (Å²) in [4.78, 5) is 0. The SMILES string of the molecule is NS(=O)(=O)NCC1(c2ccc3c(c2)OCCO3)CCCC1. The standard InChI is InChI=1S/C14H20N2O4S/c15-21(17,18)16-10-14(5-1-2-6-14)11-3-4-12-13(9-11)20-8-7-19-12/h3-4,9,16H,1-2,5-8,10H2,(H2,15,17,18). The zero-order valence-electron chi connectivity index (χ0n) is 11.8. The second kappa shape index (κ2) is 5.47. The lowest BCUT2D eigenvalue weighted by Crippen LogP contribution is -2.41. The van der Waals surface area contributed by atoms with Gasteiger partial charge < -0.3 is 9.47 Å². The van der Waals surface area contributed by atoms with Crippen molar-refractivity contribution < 1.29 is 17.9 Å². The lowest BCUT2D eigenvalue weighted by Gasteiger charge is -2.31. The predicted octanol–water partition coefficient (Wildman–Crippen LogP) is 1.06. The molecule has 1 aliphatic heterocycles. The minimum atomic E-state index is -3.68. The molecule has 0 saturated heterocycles. The van der Waals surface area contributed by atoms with Gasteiger partial charge in [-0.2, -0.15) is 8.42 Å². The molecule has 116 valence electrons. The van der Waals surface area contributed by atoms with Gasteiger partial charge in [0.05, 0.1) is 0 Å². The molecule has 1 aromatic rings. The molecule has 3 rings (SSSR count). The van der Waals surface area contributed by atoms with Crippen molar-refractivity contribution in [2.45, 2.75) is 31.1 Å². The molecule has 1 heterocycles. The minimum absolute atomic E-state index is 0.206. The first kappa shape index (κ1) is 14.6. The molecule has 1 fully saturated rings. The fourth-order valence-corrected chi connectivity index (χ4v) is 3.71. The maximum Gasteiger partial charge on any atom is 0.274 e. The molecule has 7 heteroatoms. The Labute approximate surface area is 124 Å². The first-order valence-corrected chi connectivity index (χ1v) is 8.71. The average molecular weight is 312 g/mol. The minimum Gasteiger partial charge on any atom is -0.486 e. The van der Waals surface area contributed by atoms with Crippen LogP contribution in [-0.2, 0) is 15.6 Å². The van der Waals surface area contributed by atoms with Crippen LogP contribution in [0.2, 0.25) is 0 Å². The summed E-state index contributed by atoms with van der Waals surface area (Å²) >= 11 is 0. The monoisotopic (exact) mass is 312 g/mol. The van der Waals surface area contributed by atoms with Gasteiger partial charge in [-0.05, 0) is 30.5 Å². The topological polar surface area (TPSA) is 90.7 Å². The number of rotatable bonds is 4. The predicted molar refractivity (Wildman–Crippen MR) is 78.7 cm³/mol. The van der Waals surface area contributed by atoms with Crippen LogP contribution in [-0.4, -0.2) is 28.2 Å². The van der Waals surface area contributed by atoms with Crippen molar-refractivity contribution in [1.29, 1.82) is 0 Å². The summed E-state index contributed by atoms with van der Waals surface area (Å²) in [5.74, 6) is 1.48. The van der Waals surface area contributed by atoms with Crippen molar-refractivity contribution >= 4 is 10.2 Å². The highest BCUT2D eigenvalue weighted by molar-refractivity contribution is 7.87. The molecule has 2 aliphatic rings. The average Bonchev–Trinajstić information content (AvgIpc) is 2.94. The number of hydrogen-bond donors (Lipinski definition) is 2. The Kier molecular flexibility index (Phi) is 3.81. The van der Waals surface area contributed by atoms with Crippen LogP contribution in [0.3, 0.4) is 0 Å². The molecule has 1 aliphatic carbocycles. The zero-order valence-corrected chi connectivity index (χ0v) is 12.6. The summed E-state index contributed by atoms with van der Waals surface area (Å²) in [6, 6.07) is 5.88. The molecular formula is C14H20N2O4S. The summed E-state index contributed by atoms with van der Waals surface area (Å²) in [6.45, 7) is 1.43. The van der Waals surface area contributed by atoms with Gasteiger partial charge in [0.2, 0.25) is 0 Å². The molecule has 0 aromatic heterocycles. The van der Waals surface area contributed by atoms with Crippen LogP contribution in [0, 0.1) is 0 Å². The van der Waals surface area contributed by atoms with Crippen LogP contribution in [0.4, 0.5) is 0 Å². The van der Waals surface area contributed by atoms with Gasteiger partial charge in [-0.3, -0.25) is 0 Å². The summed E-state index contributed by atoms with van der Waals surface area (Å²) in [6.07, 6.45) is 4.05. The zero-order chi connectivity index (χ0) is 14.9. The Morgan fingerprint density at radius 3 is 2.48 bits per heavy atom. The summed E-state index contributed by atoms with van der Waals surface area (Å²) < 4.78 is 36.1. The number of nitrogens with one attached hydrogen (secondary N) is 1. The highest BCUT2D eigenvalue weighted by atomic mass is 32.2. The third-order valence-corrected chi connectivity index (χ3v) is 4.87. The molecule has 3 N–H and O–H groups in total. The van der Waals surface area contributed by atoms with E-state index in [0.29, 0.717) is 19.8 Å². The Hall–Kier alpha value is -1.31. The third-order valence-electron chi connectivity index (χ3n) is 4.33. The molecule has 0 atom stereocenters. The van der Waals surface area contributed by atoms with Gasteiger partial charge in [0.15, 0.2) is 11.5 Å². The largest absolute Gasteiger partial charge is 0.486 e. The van der Waals surface area contributed by atoms with E-state index >= 15 is 0 Å². The van der Waals surface area contributed by atoms with Gasteiger partial charge in [-0.25, -0.2) is 9.86 Å². The van der Waals surface area contributed by atoms with E-state index in [1.54, 1.807) is 0 Å². The highest BCUT2D eigenvalue weighted by Crippen LogP contribution is 2.43. The summed E-state index contributed by atoms with van der Waals surface area (Å²) in [5.41, 5.74) is 0.878. The van der Waals surface area contributed by atoms with E-state index in [4.69, 9.17) is 14.6 Å². The molecule has 21 heavy (non-hydrogen) atoms. The van der Waals surface area contributed by atoms with Gasteiger partial charge in [-0.15, -0.1) is 0 Å². The van der Waals surface area contributed by atoms with Crippen LogP contribution in [0.1, 0.15) is 31.2 Å². The Bertz CT molecular complexity index is 624. The number of hydrogen-bond acceptors (Lipinski definition) is 4. The van der Waals surface area contributed by atoms with Gasteiger partial charge in [0.25, 0.3) is 10.2 Å². The highest BCUT2D eigenvalue weighted by Gasteiger charge is 2.37. The second-order valence-corrected chi connectivity index (χ2v) is 7.09. The molecule has 1 aromatic carbocycles. The van der Waals surface area contributed by atoms with E-state index in [9.17, 15) is 8.42 Å². The summed E-state index contributed by atoms with van der Waals surface area (Å²) in [5, 5.41) is 5.08. The van der Waals surface area contributed by atoms with E-state index in [-0.39, 0.29) is 5.41 Å². The van der Waals surface area contributed by atoms with Gasteiger partial charge in [0, 0.05) is 12.0 Å². The molecule has 0 bridgehead atoms. The molecule has 1 saturated carbocycles. The van der Waals surface area contributed by atoms with Crippen molar-refractivity contribution in [1.82, 2.24) is 4.72 Å². The maximum atomic E-state index is 11.2. The van der Waals surface area contributed by atoms with Gasteiger partial charge in [0.1, 0.15) is 13.2 Å². The van der Waals surface area contributed by atoms with Crippen molar-refractivity contribution in [2.24, 2.45) is 5.14 Å². The first-order valence-electron chi connectivity index (χ1n) is 7.16. The molecule has 0 amide bonds. The molecular weight excluding hydrogens is 292 g/mol. The Morgan fingerprint density at radius 2 is 1.81 bits per heavy atom. The van der Waals surface area contributed by atoms with Crippen LogP contribution in [0.25, 0.3) is 0 Å². The van der Waals surface area contributed by atoms with E-state index in [1.807, 2.05) is 18.2 Å². The molecule has 0 unspecified atom stereocenters. The lowest BCUT2D eigenvalue weighted by molar-refractivity contribution is 0.171. The van der Waals surface area contributed by atoms with Crippen molar-refractivity contribution in [3.63, 3.8) is 0 Å². The van der Waals surface area contributed by atoms with Crippen LogP contribution in [0.15, 0.2) is 18.2 Å². The van der Waals surface area contributed by atoms with Crippen molar-refractivity contribution in [3.05, 3.63) is 23.8 Å². The second-order valence-electron chi connectivity index (χ2n) is 5.71. The van der Waals surface area contributed by atoms with E-state index < -0.39 is 10.2 Å². The van der Waals surface area contributed by atoms with Crippen LogP contribution >= 0.6 is 0 Å². The number of nitrogens with two attached hydrogens (primary N) is 1. The fraction of sp³-hybridized carbons (Fsp3) is 0.571. The van der Waals surface area contributed by atoms with Crippen molar-refractivity contribution in [3.8, 4) is 11.5 Å². The van der Waals surface area contributed by atoms with Crippen LogP contribution < -0.4 is 19.3 Å². The van der Waals surface area contributed by atoms with Gasteiger partial charge in [-0.1, -0.05) is 18.9 Å². The Morgan fingerprint density at radius 1 is 1.14 bits per heavy atom. The first-order chi connectivity index (χ1) is 9.99. The quantitative estimate of drug-likeness (QED) is 0.870. The van der Waals surface area contributed by atoms with Crippen molar-refractivity contribution in [2.75, 3.05) is 19.8 Å². The molecule has 0 radical (unpaired) electrons. The summed E-state index contributed by atoms with van der Waals surface area (Å²) in [7, 11) is -3.68. The molecule has 0 spiro atoms.